The van der Waals surface area contributed by atoms with E-state index < -0.39 is 11.9 Å². The number of fused-ring (bicyclic) bond motifs is 1. The molecular formula is C13H16O4. The maximum absolute atomic E-state index is 12.4. The first kappa shape index (κ1) is 12.2. The van der Waals surface area contributed by atoms with Crippen molar-refractivity contribution >= 4 is 5.78 Å². The van der Waals surface area contributed by atoms with Gasteiger partial charge in [-0.15, -0.1) is 0 Å². The maximum Gasteiger partial charge on any atom is 0.264 e. The minimum atomic E-state index is -1.37. The molecule has 0 aromatic rings. The van der Waals surface area contributed by atoms with Gasteiger partial charge >= 0.3 is 0 Å². The smallest absolute Gasteiger partial charge is 0.264 e. The number of carbonyl (C=O) groups is 1. The summed E-state index contributed by atoms with van der Waals surface area (Å²) in [5.41, 5.74) is 1.61. The summed E-state index contributed by atoms with van der Waals surface area (Å²) in [7, 11) is 4.44. The van der Waals surface area contributed by atoms with E-state index in [2.05, 4.69) is 0 Å². The van der Waals surface area contributed by atoms with Crippen LogP contribution in [0.3, 0.4) is 0 Å². The van der Waals surface area contributed by atoms with Gasteiger partial charge in [-0.3, -0.25) is 4.79 Å². The largest absolute Gasteiger partial charge is 0.371 e. The van der Waals surface area contributed by atoms with Crippen LogP contribution in [0, 0.1) is 0 Å². The number of hydrogen-bond acceptors (Lipinski definition) is 4. The molecule has 4 heteroatoms. The summed E-state index contributed by atoms with van der Waals surface area (Å²) < 4.78 is 15.9. The first-order valence-electron chi connectivity index (χ1n) is 5.45. The molecule has 2 aliphatic rings. The molecule has 2 aliphatic carbocycles. The van der Waals surface area contributed by atoms with Crippen LogP contribution in [0.1, 0.15) is 6.42 Å². The number of carbonyl (C=O) groups excluding carboxylic acids is 1. The number of methoxy groups -OCH3 is 3. The molecule has 0 saturated heterocycles. The lowest BCUT2D eigenvalue weighted by Crippen LogP contribution is -2.55. The summed E-state index contributed by atoms with van der Waals surface area (Å²) in [6, 6.07) is 0. The molecule has 0 fully saturated rings. The molecule has 0 bridgehead atoms. The molecule has 1 atom stereocenters. The molecule has 0 amide bonds. The van der Waals surface area contributed by atoms with E-state index in [1.165, 1.54) is 21.3 Å². The van der Waals surface area contributed by atoms with E-state index >= 15 is 0 Å². The van der Waals surface area contributed by atoms with Crippen LogP contribution in [0.5, 0.6) is 0 Å². The van der Waals surface area contributed by atoms with Gasteiger partial charge in [0, 0.05) is 26.9 Å². The van der Waals surface area contributed by atoms with Crippen LogP contribution in [0.4, 0.5) is 0 Å². The van der Waals surface area contributed by atoms with Gasteiger partial charge in [-0.05, 0) is 18.1 Å². The Bertz CT molecular complexity index is 413. The Morgan fingerprint density at radius 2 is 2.00 bits per heavy atom. The molecule has 0 saturated carbocycles. The average Bonchev–Trinajstić information content (AvgIpc) is 2.39. The third-order valence-electron chi connectivity index (χ3n) is 3.23. The van der Waals surface area contributed by atoms with Crippen LogP contribution >= 0.6 is 0 Å². The van der Waals surface area contributed by atoms with Gasteiger partial charge in [-0.1, -0.05) is 18.2 Å². The predicted molar refractivity (Wildman–Crippen MR) is 62.5 cm³/mol. The van der Waals surface area contributed by atoms with Crippen LogP contribution in [0.2, 0.25) is 0 Å². The Morgan fingerprint density at radius 1 is 1.29 bits per heavy atom. The number of allylic oxidation sites excluding steroid dienone is 4. The van der Waals surface area contributed by atoms with Gasteiger partial charge < -0.3 is 14.2 Å². The van der Waals surface area contributed by atoms with E-state index in [1.54, 1.807) is 6.08 Å². The van der Waals surface area contributed by atoms with E-state index in [0.29, 0.717) is 5.57 Å². The van der Waals surface area contributed by atoms with Gasteiger partial charge in [-0.25, -0.2) is 0 Å². The van der Waals surface area contributed by atoms with Gasteiger partial charge in [0.25, 0.3) is 5.79 Å². The van der Waals surface area contributed by atoms with Gasteiger partial charge in [0.05, 0.1) is 0 Å². The summed E-state index contributed by atoms with van der Waals surface area (Å²) in [6.45, 7) is 0. The Kier molecular flexibility index (Phi) is 3.28. The van der Waals surface area contributed by atoms with E-state index in [-0.39, 0.29) is 5.78 Å². The molecule has 0 spiro atoms. The second-order valence-corrected chi connectivity index (χ2v) is 3.97. The van der Waals surface area contributed by atoms with Gasteiger partial charge in [0.1, 0.15) is 6.10 Å². The molecule has 0 aromatic carbocycles. The first-order valence-corrected chi connectivity index (χ1v) is 5.45. The molecule has 17 heavy (non-hydrogen) atoms. The van der Waals surface area contributed by atoms with Crippen molar-refractivity contribution in [3.63, 3.8) is 0 Å². The molecule has 0 N–H and O–H groups in total. The van der Waals surface area contributed by atoms with Crippen LogP contribution < -0.4 is 0 Å². The molecule has 0 radical (unpaired) electrons. The van der Waals surface area contributed by atoms with Crippen molar-refractivity contribution in [1.82, 2.24) is 0 Å². The summed E-state index contributed by atoms with van der Waals surface area (Å²) in [5, 5.41) is 0. The summed E-state index contributed by atoms with van der Waals surface area (Å²) in [5.74, 6) is -1.55. The molecule has 1 unspecified atom stereocenters. The average molecular weight is 236 g/mol. The number of Topliss-reactive ketones (excluding diaryl/α,β-unsaturated/α-hetero) is 1. The van der Waals surface area contributed by atoms with Crippen molar-refractivity contribution in [2.75, 3.05) is 21.3 Å². The third kappa shape index (κ3) is 1.69. The quantitative estimate of drug-likeness (QED) is 0.694. The molecule has 2 rings (SSSR count). The van der Waals surface area contributed by atoms with Gasteiger partial charge in [0.2, 0.25) is 5.78 Å². The molecule has 0 aliphatic heterocycles. The minimum Gasteiger partial charge on any atom is -0.371 e. The zero-order chi connectivity index (χ0) is 12.5. The van der Waals surface area contributed by atoms with Crippen LogP contribution in [-0.4, -0.2) is 39.0 Å². The predicted octanol–water partition coefficient (Wildman–Crippen LogP) is 1.39. The lowest BCUT2D eigenvalue weighted by Gasteiger charge is -2.39. The lowest BCUT2D eigenvalue weighted by molar-refractivity contribution is -0.239. The van der Waals surface area contributed by atoms with Crippen LogP contribution in [0.25, 0.3) is 0 Å². The number of ether oxygens (including phenoxy) is 3. The lowest BCUT2D eigenvalue weighted by atomic mass is 9.82. The summed E-state index contributed by atoms with van der Waals surface area (Å²) in [4.78, 5) is 12.4. The molecule has 92 valence electrons. The van der Waals surface area contributed by atoms with Crippen molar-refractivity contribution in [2.24, 2.45) is 0 Å². The monoisotopic (exact) mass is 236 g/mol. The number of ketones is 1. The highest BCUT2D eigenvalue weighted by atomic mass is 16.7. The van der Waals surface area contributed by atoms with E-state index in [1.807, 2.05) is 18.2 Å². The zero-order valence-electron chi connectivity index (χ0n) is 10.2. The fraction of sp³-hybridized carbons (Fsp3) is 0.462. The van der Waals surface area contributed by atoms with E-state index in [9.17, 15) is 4.79 Å². The normalized spacial score (nSPS) is 26.3. The maximum atomic E-state index is 12.4. The van der Waals surface area contributed by atoms with E-state index in [0.717, 1.165) is 12.0 Å². The second kappa shape index (κ2) is 4.56. The van der Waals surface area contributed by atoms with Crippen LogP contribution in [-0.2, 0) is 19.0 Å². The van der Waals surface area contributed by atoms with Crippen molar-refractivity contribution in [1.29, 1.82) is 0 Å². The minimum absolute atomic E-state index is 0.184. The fourth-order valence-electron chi connectivity index (χ4n) is 2.29. The standard InChI is InChI=1S/C13H16O4/c1-15-11-8-9-6-4-5-7-10(9)12(14)13(11,16-2)17-3/h4-5,7-8,11H,6H2,1-3H3. The van der Waals surface area contributed by atoms with Crippen molar-refractivity contribution in [3.8, 4) is 0 Å². The van der Waals surface area contributed by atoms with Crippen molar-refractivity contribution in [2.45, 2.75) is 18.3 Å². The Morgan fingerprint density at radius 3 is 2.59 bits per heavy atom. The molecule has 0 aromatic heterocycles. The highest BCUT2D eigenvalue weighted by molar-refractivity contribution is 6.07. The highest BCUT2D eigenvalue weighted by Gasteiger charge is 2.51. The van der Waals surface area contributed by atoms with Gasteiger partial charge in [-0.2, -0.15) is 0 Å². The van der Waals surface area contributed by atoms with Crippen molar-refractivity contribution < 1.29 is 19.0 Å². The van der Waals surface area contributed by atoms with E-state index in [4.69, 9.17) is 14.2 Å². The SMILES string of the molecule is COC1C=C2CC=CC=C2C(=O)C1(OC)OC. The Labute approximate surface area is 101 Å². The van der Waals surface area contributed by atoms with Crippen LogP contribution in [0.15, 0.2) is 35.5 Å². The zero-order valence-corrected chi connectivity index (χ0v) is 10.2. The molecule has 4 nitrogen and oxygen atoms in total. The topological polar surface area (TPSA) is 44.8 Å². The number of hydrogen-bond donors (Lipinski definition) is 0. The summed E-state index contributed by atoms with van der Waals surface area (Å²) in [6.07, 6.45) is 7.76. The Balaban J connectivity index is 2.52. The third-order valence-corrected chi connectivity index (χ3v) is 3.23. The Hall–Kier alpha value is -1.23. The fourth-order valence-corrected chi connectivity index (χ4v) is 2.29. The molecule has 0 heterocycles. The number of rotatable bonds is 3. The summed E-state index contributed by atoms with van der Waals surface area (Å²) >= 11 is 0. The van der Waals surface area contributed by atoms with Crippen molar-refractivity contribution in [3.05, 3.63) is 35.5 Å². The van der Waals surface area contributed by atoms with Gasteiger partial charge in [0.15, 0.2) is 0 Å². The first-order chi connectivity index (χ1) is 8.19. The highest BCUT2D eigenvalue weighted by Crippen LogP contribution is 2.36. The second-order valence-electron chi connectivity index (χ2n) is 3.97. The molecular weight excluding hydrogens is 220 g/mol.